The zero-order valence-electron chi connectivity index (χ0n) is 18.2. The van der Waals surface area contributed by atoms with Gasteiger partial charge in [0.05, 0.1) is 0 Å². The number of imide groups is 1. The minimum atomic E-state index is -2.11. The van der Waals surface area contributed by atoms with Crippen molar-refractivity contribution in [3.8, 4) is 0 Å². The Morgan fingerprint density at radius 1 is 0.909 bits per heavy atom. The number of hydrogen-bond donors (Lipinski definition) is 3. The van der Waals surface area contributed by atoms with Gasteiger partial charge in [-0.3, -0.25) is 15.0 Å². The number of carbonyl (C=O) groups is 3. The van der Waals surface area contributed by atoms with Gasteiger partial charge in [-0.05, 0) is 36.5 Å². The molecule has 4 rings (SSSR count). The number of amides is 4. The van der Waals surface area contributed by atoms with Crippen molar-refractivity contribution in [3.63, 3.8) is 0 Å². The molecule has 1 heterocycles. The normalized spacial score (nSPS) is 18.2. The molecule has 4 amide bonds. The summed E-state index contributed by atoms with van der Waals surface area (Å²) >= 11 is 0. The van der Waals surface area contributed by atoms with E-state index in [1.165, 1.54) is 0 Å². The molecule has 3 aromatic rings. The number of nitrogens with one attached hydrogen (secondary N) is 2. The first-order valence-electron chi connectivity index (χ1n) is 10.7. The van der Waals surface area contributed by atoms with Gasteiger partial charge in [-0.2, -0.15) is 5.01 Å². The summed E-state index contributed by atoms with van der Waals surface area (Å²) < 4.78 is 0. The summed E-state index contributed by atoms with van der Waals surface area (Å²) in [6, 6.07) is 25.7. The average Bonchev–Trinajstić information content (AvgIpc) is 3.07. The minimum Gasteiger partial charge on any atom is -0.372 e. The van der Waals surface area contributed by atoms with E-state index < -0.39 is 29.0 Å². The van der Waals surface area contributed by atoms with Gasteiger partial charge in [-0.1, -0.05) is 91.0 Å². The molecule has 0 radical (unpaired) electrons. The quantitative estimate of drug-likeness (QED) is 0.489. The van der Waals surface area contributed by atoms with Gasteiger partial charge in [-0.15, -0.1) is 0 Å². The summed E-state index contributed by atoms with van der Waals surface area (Å²) in [6.45, 7) is 1.63. The van der Waals surface area contributed by atoms with Crippen LogP contribution >= 0.6 is 0 Å². The van der Waals surface area contributed by atoms with Crippen molar-refractivity contribution in [2.75, 3.05) is 0 Å². The third-order valence-corrected chi connectivity index (χ3v) is 5.94. The lowest BCUT2D eigenvalue weighted by Gasteiger charge is -2.29. The predicted octanol–water partition coefficient (Wildman–Crippen LogP) is 2.90. The highest BCUT2D eigenvalue weighted by molar-refractivity contribution is 6.08. The maximum absolute atomic E-state index is 13.4. The van der Waals surface area contributed by atoms with Crippen molar-refractivity contribution in [3.05, 3.63) is 108 Å². The molecule has 7 nitrogen and oxygen atoms in total. The fourth-order valence-electron chi connectivity index (χ4n) is 3.96. The Morgan fingerprint density at radius 2 is 1.39 bits per heavy atom. The Bertz CT molecular complexity index is 1110. The van der Waals surface area contributed by atoms with Crippen molar-refractivity contribution >= 4 is 17.8 Å². The number of carbonyl (C=O) groups excluding carboxylic acids is 3. The number of nitrogens with zero attached hydrogens (tertiary/aromatic N) is 1. The first kappa shape index (κ1) is 22.2. The molecule has 0 saturated carbocycles. The fraction of sp³-hybridized carbons (Fsp3) is 0.192. The number of urea groups is 1. The lowest BCUT2D eigenvalue weighted by Crippen LogP contribution is -2.55. The molecular weight excluding hydrogens is 418 g/mol. The summed E-state index contributed by atoms with van der Waals surface area (Å²) in [5.41, 5.74) is 0.723. The van der Waals surface area contributed by atoms with Crippen LogP contribution in [0.2, 0.25) is 0 Å². The monoisotopic (exact) mass is 443 g/mol. The van der Waals surface area contributed by atoms with E-state index >= 15 is 0 Å². The number of rotatable bonds is 7. The largest absolute Gasteiger partial charge is 0.372 e. The van der Waals surface area contributed by atoms with Gasteiger partial charge in [0, 0.05) is 0 Å². The molecule has 0 bridgehead atoms. The first-order chi connectivity index (χ1) is 15.8. The van der Waals surface area contributed by atoms with Crippen LogP contribution in [0.3, 0.4) is 0 Å². The van der Waals surface area contributed by atoms with Crippen LogP contribution in [0.5, 0.6) is 0 Å². The first-order valence-corrected chi connectivity index (χ1v) is 10.7. The summed E-state index contributed by atoms with van der Waals surface area (Å²) in [5.74, 6) is -1.49. The van der Waals surface area contributed by atoms with E-state index in [1.54, 1.807) is 67.6 Å². The molecule has 1 saturated heterocycles. The van der Waals surface area contributed by atoms with Crippen LogP contribution in [-0.4, -0.2) is 33.5 Å². The summed E-state index contributed by atoms with van der Waals surface area (Å²) in [5, 5.41) is 14.9. The molecule has 1 aliphatic heterocycles. The van der Waals surface area contributed by atoms with Crippen LogP contribution in [-0.2, 0) is 21.6 Å². The van der Waals surface area contributed by atoms with Gasteiger partial charge >= 0.3 is 6.03 Å². The Kier molecular flexibility index (Phi) is 5.98. The highest BCUT2D eigenvalue weighted by Crippen LogP contribution is 2.31. The van der Waals surface area contributed by atoms with Crippen LogP contribution in [0.4, 0.5) is 4.79 Å². The van der Waals surface area contributed by atoms with E-state index in [-0.39, 0.29) is 0 Å². The van der Waals surface area contributed by atoms with E-state index in [4.69, 9.17) is 0 Å². The molecule has 3 aromatic carbocycles. The highest BCUT2D eigenvalue weighted by Gasteiger charge is 2.50. The van der Waals surface area contributed by atoms with E-state index in [0.29, 0.717) is 29.0 Å². The molecule has 168 valence electrons. The third kappa shape index (κ3) is 4.23. The Balaban J connectivity index is 1.57. The number of hydrazine groups is 1. The van der Waals surface area contributed by atoms with Crippen LogP contribution in [0, 0.1) is 0 Å². The van der Waals surface area contributed by atoms with E-state index in [1.807, 2.05) is 30.3 Å². The van der Waals surface area contributed by atoms with Crippen LogP contribution in [0.15, 0.2) is 91.0 Å². The third-order valence-electron chi connectivity index (χ3n) is 5.94. The zero-order chi connectivity index (χ0) is 23.5. The number of aliphatic hydroxyl groups is 1. The topological polar surface area (TPSA) is 98.7 Å². The van der Waals surface area contributed by atoms with Gasteiger partial charge in [0.15, 0.2) is 5.60 Å². The molecule has 1 atom stereocenters. The van der Waals surface area contributed by atoms with Gasteiger partial charge in [0.1, 0.15) is 5.54 Å². The summed E-state index contributed by atoms with van der Waals surface area (Å²) in [6.07, 6.45) is 0.929. The van der Waals surface area contributed by atoms with Crippen molar-refractivity contribution in [2.45, 2.75) is 30.9 Å². The molecule has 33 heavy (non-hydrogen) atoms. The maximum Gasteiger partial charge on any atom is 0.344 e. The lowest BCUT2D eigenvalue weighted by atomic mass is 9.85. The van der Waals surface area contributed by atoms with E-state index in [9.17, 15) is 19.5 Å². The molecular formula is C26H25N3O4. The second-order valence-corrected chi connectivity index (χ2v) is 8.27. The number of benzene rings is 3. The predicted molar refractivity (Wildman–Crippen MR) is 123 cm³/mol. The van der Waals surface area contributed by atoms with Crippen molar-refractivity contribution in [1.29, 1.82) is 0 Å². The molecule has 0 aliphatic carbocycles. The summed E-state index contributed by atoms with van der Waals surface area (Å²) in [7, 11) is 0. The van der Waals surface area contributed by atoms with Gasteiger partial charge in [0.25, 0.3) is 11.8 Å². The number of aryl methyl sites for hydroxylation is 1. The molecule has 1 unspecified atom stereocenters. The maximum atomic E-state index is 13.4. The molecule has 3 N–H and O–H groups in total. The SMILES string of the molecule is CC1(CCc2ccccc2)NC(=O)N(NC(=O)C(O)(c2ccccc2)c2ccccc2)C1=O. The van der Waals surface area contributed by atoms with E-state index in [0.717, 1.165) is 5.56 Å². The molecule has 7 heteroatoms. The molecule has 0 spiro atoms. The van der Waals surface area contributed by atoms with Crippen LogP contribution in [0.25, 0.3) is 0 Å². The molecule has 1 aliphatic rings. The summed E-state index contributed by atoms with van der Waals surface area (Å²) in [4.78, 5) is 39.2. The number of hydrogen-bond acceptors (Lipinski definition) is 4. The second kappa shape index (κ2) is 8.88. The van der Waals surface area contributed by atoms with Crippen LogP contribution < -0.4 is 10.7 Å². The van der Waals surface area contributed by atoms with Crippen molar-refractivity contribution < 1.29 is 19.5 Å². The Labute approximate surface area is 192 Å². The minimum absolute atomic E-state index is 0.313. The average molecular weight is 444 g/mol. The standard InChI is InChI=1S/C26H25N3O4/c1-25(18-17-19-11-5-2-6-12-19)23(31)29(24(32)27-25)28-22(30)26(33,20-13-7-3-8-14-20)21-15-9-4-10-16-21/h2-16,33H,17-18H2,1H3,(H,27,32)(H,28,30). The lowest BCUT2D eigenvalue weighted by molar-refractivity contribution is -0.147. The Morgan fingerprint density at radius 3 is 1.91 bits per heavy atom. The molecule has 1 fully saturated rings. The van der Waals surface area contributed by atoms with E-state index in [2.05, 4.69) is 10.7 Å². The van der Waals surface area contributed by atoms with Gasteiger partial charge < -0.3 is 10.4 Å². The highest BCUT2D eigenvalue weighted by atomic mass is 16.3. The van der Waals surface area contributed by atoms with Gasteiger partial charge in [0.2, 0.25) is 0 Å². The van der Waals surface area contributed by atoms with Crippen molar-refractivity contribution in [2.24, 2.45) is 0 Å². The Hall–Kier alpha value is -3.97. The zero-order valence-corrected chi connectivity index (χ0v) is 18.2. The fourth-order valence-corrected chi connectivity index (χ4v) is 3.96. The smallest absolute Gasteiger partial charge is 0.344 e. The van der Waals surface area contributed by atoms with Crippen molar-refractivity contribution in [1.82, 2.24) is 15.8 Å². The second-order valence-electron chi connectivity index (χ2n) is 8.27. The van der Waals surface area contributed by atoms with Gasteiger partial charge in [-0.25, -0.2) is 4.79 Å². The van der Waals surface area contributed by atoms with Crippen LogP contribution in [0.1, 0.15) is 30.0 Å². The molecule has 0 aromatic heterocycles.